The summed E-state index contributed by atoms with van der Waals surface area (Å²) in [6.45, 7) is 7.66. The van der Waals surface area contributed by atoms with E-state index < -0.39 is 10.0 Å². The minimum absolute atomic E-state index is 0.159. The molecule has 0 saturated carbocycles. The van der Waals surface area contributed by atoms with E-state index in [1.54, 1.807) is 30.3 Å². The Morgan fingerprint density at radius 2 is 1.78 bits per heavy atom. The van der Waals surface area contributed by atoms with E-state index in [4.69, 9.17) is 4.74 Å². The summed E-state index contributed by atoms with van der Waals surface area (Å²) in [5.74, 6) is 0.617. The van der Waals surface area contributed by atoms with Crippen LogP contribution in [-0.2, 0) is 21.4 Å². The molecular formula is C24H31N3O4S. The summed E-state index contributed by atoms with van der Waals surface area (Å²) in [7, 11) is -1.57. The van der Waals surface area contributed by atoms with Crippen LogP contribution in [0.15, 0.2) is 66.1 Å². The standard InChI is InChI=1S/C24H31N3O4S/c1-4-17-31-22-11-7-20(8-12-22)18-26(3)19(2)24(28)25-21-9-13-23(14-10-21)32(29,30)27-15-5-6-16-27/h4,7-14,19H,1,5-6,15-18H2,2-3H3,(H,25,28). The van der Waals surface area contributed by atoms with Gasteiger partial charge < -0.3 is 10.1 Å². The van der Waals surface area contributed by atoms with Crippen molar-refractivity contribution < 1.29 is 17.9 Å². The van der Waals surface area contributed by atoms with Crippen molar-refractivity contribution in [2.24, 2.45) is 0 Å². The summed E-state index contributed by atoms with van der Waals surface area (Å²) in [5.41, 5.74) is 1.63. The van der Waals surface area contributed by atoms with Crippen LogP contribution in [0.5, 0.6) is 5.75 Å². The molecule has 2 aromatic carbocycles. The number of likely N-dealkylation sites (N-methyl/N-ethyl adjacent to an activating group) is 1. The van der Waals surface area contributed by atoms with Gasteiger partial charge >= 0.3 is 0 Å². The third-order valence-electron chi connectivity index (χ3n) is 5.59. The van der Waals surface area contributed by atoms with Crippen LogP contribution in [0.2, 0.25) is 0 Å². The molecule has 1 atom stereocenters. The highest BCUT2D eigenvalue weighted by Gasteiger charge is 2.27. The number of benzene rings is 2. The van der Waals surface area contributed by atoms with Crippen LogP contribution in [-0.4, -0.2) is 56.3 Å². The molecule has 3 rings (SSSR count). The van der Waals surface area contributed by atoms with Crippen LogP contribution >= 0.6 is 0 Å². The van der Waals surface area contributed by atoms with Crippen molar-refractivity contribution >= 4 is 21.6 Å². The zero-order valence-electron chi connectivity index (χ0n) is 18.7. The Hall–Kier alpha value is -2.68. The highest BCUT2D eigenvalue weighted by Crippen LogP contribution is 2.22. The maximum Gasteiger partial charge on any atom is 0.243 e. The molecule has 1 aliphatic heterocycles. The number of nitrogens with one attached hydrogen (secondary N) is 1. The number of ether oxygens (including phenoxy) is 1. The number of carbonyl (C=O) groups excluding carboxylic acids is 1. The molecule has 172 valence electrons. The van der Waals surface area contributed by atoms with E-state index in [-0.39, 0.29) is 16.8 Å². The van der Waals surface area contributed by atoms with Gasteiger partial charge in [0.05, 0.1) is 10.9 Å². The van der Waals surface area contributed by atoms with E-state index >= 15 is 0 Å². The average molecular weight is 458 g/mol. The number of hydrogen-bond donors (Lipinski definition) is 1. The molecule has 1 aliphatic rings. The van der Waals surface area contributed by atoms with Crippen molar-refractivity contribution in [3.63, 3.8) is 0 Å². The van der Waals surface area contributed by atoms with Gasteiger partial charge in [-0.3, -0.25) is 9.69 Å². The minimum atomic E-state index is -3.46. The summed E-state index contributed by atoms with van der Waals surface area (Å²) < 4.78 is 32.3. The lowest BCUT2D eigenvalue weighted by Crippen LogP contribution is -2.39. The van der Waals surface area contributed by atoms with Crippen LogP contribution in [0.4, 0.5) is 5.69 Å². The average Bonchev–Trinajstić information content (AvgIpc) is 3.34. The predicted molar refractivity (Wildman–Crippen MR) is 126 cm³/mol. The van der Waals surface area contributed by atoms with Gasteiger partial charge in [0.25, 0.3) is 0 Å². The van der Waals surface area contributed by atoms with Gasteiger partial charge in [0.1, 0.15) is 12.4 Å². The van der Waals surface area contributed by atoms with Crippen molar-refractivity contribution in [3.05, 3.63) is 66.7 Å². The smallest absolute Gasteiger partial charge is 0.243 e. The fourth-order valence-electron chi connectivity index (χ4n) is 3.51. The van der Waals surface area contributed by atoms with Gasteiger partial charge in [-0.25, -0.2) is 8.42 Å². The Bertz CT molecular complexity index is 1010. The summed E-state index contributed by atoms with van der Waals surface area (Å²) in [6.07, 6.45) is 3.49. The van der Waals surface area contributed by atoms with Crippen molar-refractivity contribution in [3.8, 4) is 5.75 Å². The second-order valence-electron chi connectivity index (χ2n) is 7.96. The second kappa shape index (κ2) is 10.8. The third kappa shape index (κ3) is 5.97. The lowest BCUT2D eigenvalue weighted by molar-refractivity contribution is -0.120. The quantitative estimate of drug-likeness (QED) is 0.553. The zero-order chi connectivity index (χ0) is 23.1. The Morgan fingerprint density at radius 3 is 2.38 bits per heavy atom. The topological polar surface area (TPSA) is 79.0 Å². The SMILES string of the molecule is C=CCOc1ccc(CN(C)C(C)C(=O)Nc2ccc(S(=O)(=O)N3CCCC3)cc2)cc1. The molecule has 0 spiro atoms. The minimum Gasteiger partial charge on any atom is -0.490 e. The second-order valence-corrected chi connectivity index (χ2v) is 9.90. The van der Waals surface area contributed by atoms with E-state index in [9.17, 15) is 13.2 Å². The zero-order valence-corrected chi connectivity index (χ0v) is 19.5. The van der Waals surface area contributed by atoms with Gasteiger partial charge in [0.15, 0.2) is 0 Å². The molecule has 0 aliphatic carbocycles. The Balaban J connectivity index is 1.55. The molecule has 1 N–H and O–H groups in total. The van der Waals surface area contributed by atoms with Gasteiger partial charge in [-0.15, -0.1) is 0 Å². The van der Waals surface area contributed by atoms with Crippen LogP contribution in [0, 0.1) is 0 Å². The fourth-order valence-corrected chi connectivity index (χ4v) is 5.02. The van der Waals surface area contributed by atoms with Crippen molar-refractivity contribution in [2.75, 3.05) is 32.1 Å². The highest BCUT2D eigenvalue weighted by molar-refractivity contribution is 7.89. The maximum atomic E-state index is 12.7. The van der Waals surface area contributed by atoms with E-state index in [0.29, 0.717) is 31.9 Å². The van der Waals surface area contributed by atoms with Crippen molar-refractivity contribution in [2.45, 2.75) is 37.2 Å². The lowest BCUT2D eigenvalue weighted by Gasteiger charge is -2.24. The van der Waals surface area contributed by atoms with Gasteiger partial charge in [0, 0.05) is 25.3 Å². The first kappa shape index (κ1) is 24.0. The molecular weight excluding hydrogens is 426 g/mol. The molecule has 32 heavy (non-hydrogen) atoms. The molecule has 1 heterocycles. The van der Waals surface area contributed by atoms with Gasteiger partial charge in [-0.05, 0) is 68.8 Å². The highest BCUT2D eigenvalue weighted by atomic mass is 32.2. The fraction of sp³-hybridized carbons (Fsp3) is 0.375. The van der Waals surface area contributed by atoms with Gasteiger partial charge in [0.2, 0.25) is 15.9 Å². The number of hydrogen-bond acceptors (Lipinski definition) is 5. The number of sulfonamides is 1. The molecule has 1 fully saturated rings. The van der Waals surface area contributed by atoms with Crippen LogP contribution < -0.4 is 10.1 Å². The molecule has 7 nitrogen and oxygen atoms in total. The van der Waals surface area contributed by atoms with Crippen LogP contribution in [0.25, 0.3) is 0 Å². The normalized spacial score (nSPS) is 15.5. The monoisotopic (exact) mass is 457 g/mol. The molecule has 0 bridgehead atoms. The molecule has 2 aromatic rings. The van der Waals surface area contributed by atoms with E-state index in [0.717, 1.165) is 24.2 Å². The molecule has 1 unspecified atom stereocenters. The van der Waals surface area contributed by atoms with E-state index in [2.05, 4.69) is 11.9 Å². The summed E-state index contributed by atoms with van der Waals surface area (Å²) in [4.78, 5) is 14.9. The van der Waals surface area contributed by atoms with Gasteiger partial charge in [-0.1, -0.05) is 24.8 Å². The van der Waals surface area contributed by atoms with Crippen LogP contribution in [0.1, 0.15) is 25.3 Å². The van der Waals surface area contributed by atoms with E-state index in [1.807, 2.05) is 43.1 Å². The number of rotatable bonds is 10. The first-order chi connectivity index (χ1) is 15.3. The first-order valence-corrected chi connectivity index (χ1v) is 12.2. The molecule has 0 radical (unpaired) electrons. The Labute approximate surface area is 190 Å². The Kier molecular flexibility index (Phi) is 8.06. The molecule has 1 amide bonds. The maximum absolute atomic E-state index is 12.7. The van der Waals surface area contributed by atoms with Crippen LogP contribution in [0.3, 0.4) is 0 Å². The summed E-state index contributed by atoms with van der Waals surface area (Å²) in [5, 5.41) is 2.87. The third-order valence-corrected chi connectivity index (χ3v) is 7.50. The molecule has 0 aromatic heterocycles. The van der Waals surface area contributed by atoms with Gasteiger partial charge in [-0.2, -0.15) is 4.31 Å². The Morgan fingerprint density at radius 1 is 1.16 bits per heavy atom. The molecule has 8 heteroatoms. The summed E-state index contributed by atoms with van der Waals surface area (Å²) in [6, 6.07) is 13.7. The van der Waals surface area contributed by atoms with E-state index in [1.165, 1.54) is 4.31 Å². The lowest BCUT2D eigenvalue weighted by atomic mass is 10.1. The predicted octanol–water partition coefficient (Wildman–Crippen LogP) is 3.49. The summed E-state index contributed by atoms with van der Waals surface area (Å²) >= 11 is 0. The number of nitrogens with zero attached hydrogens (tertiary/aromatic N) is 2. The van der Waals surface area contributed by atoms with Crippen molar-refractivity contribution in [1.82, 2.24) is 9.21 Å². The number of amides is 1. The van der Waals surface area contributed by atoms with Crippen molar-refractivity contribution in [1.29, 1.82) is 0 Å². The molecule has 1 saturated heterocycles. The number of carbonyl (C=O) groups is 1. The first-order valence-electron chi connectivity index (χ1n) is 10.7. The number of anilines is 1. The largest absolute Gasteiger partial charge is 0.490 e.